The maximum Gasteiger partial charge on any atom is 0.416 e. The normalized spacial score (nSPS) is 17.2. The Morgan fingerprint density at radius 1 is 1.21 bits per heavy atom. The summed E-state index contributed by atoms with van der Waals surface area (Å²) in [6, 6.07) is 5.03. The topological polar surface area (TPSA) is 42.0 Å². The van der Waals surface area contributed by atoms with E-state index < -0.39 is 11.7 Å². The van der Waals surface area contributed by atoms with Gasteiger partial charge in [-0.2, -0.15) is 13.2 Å². The molecule has 1 aromatic carbocycles. The van der Waals surface area contributed by atoms with Gasteiger partial charge < -0.3 is 5.32 Å². The molecule has 0 fully saturated rings. The molecular weight excluding hydrogens is 317 g/mol. The summed E-state index contributed by atoms with van der Waals surface area (Å²) < 4.78 is 38.1. The Balaban J connectivity index is 1.99. The van der Waals surface area contributed by atoms with Gasteiger partial charge in [-0.3, -0.25) is 9.78 Å². The number of hydrogen-bond donors (Lipinski definition) is 1. The zero-order valence-corrected chi connectivity index (χ0v) is 13.2. The number of benzene rings is 1. The van der Waals surface area contributed by atoms with Crippen molar-refractivity contribution in [3.05, 3.63) is 53.3 Å². The van der Waals surface area contributed by atoms with Crippen molar-refractivity contribution in [2.24, 2.45) is 0 Å². The summed E-state index contributed by atoms with van der Waals surface area (Å²) in [6.07, 6.45) is 1.65. The second kappa shape index (κ2) is 6.26. The number of rotatable bonds is 2. The molecule has 6 heteroatoms. The lowest BCUT2D eigenvalue weighted by atomic mass is 9.84. The molecule has 1 aliphatic rings. The van der Waals surface area contributed by atoms with Crippen molar-refractivity contribution in [2.75, 3.05) is 0 Å². The van der Waals surface area contributed by atoms with Crippen molar-refractivity contribution in [3.8, 4) is 11.1 Å². The molecule has 3 nitrogen and oxygen atoms in total. The minimum absolute atomic E-state index is 0.0897. The number of halogens is 3. The molecule has 0 radical (unpaired) electrons. The fraction of sp³-hybridized carbons (Fsp3) is 0.333. The molecule has 1 aromatic heterocycles. The molecule has 1 N–H and O–H groups in total. The Hall–Kier alpha value is -2.37. The molecule has 1 atom stereocenters. The SMILES string of the molecule is CC(=O)N[C@@H]1CCCc2c(-c3ccc(C(F)(F)F)cc3)cncc21. The average molecular weight is 334 g/mol. The van der Waals surface area contributed by atoms with E-state index >= 15 is 0 Å². The highest BCUT2D eigenvalue weighted by Crippen LogP contribution is 2.36. The summed E-state index contributed by atoms with van der Waals surface area (Å²) in [5.74, 6) is -0.104. The van der Waals surface area contributed by atoms with Gasteiger partial charge in [-0.1, -0.05) is 12.1 Å². The second-order valence-corrected chi connectivity index (χ2v) is 5.98. The molecule has 24 heavy (non-hydrogen) atoms. The molecule has 1 heterocycles. The summed E-state index contributed by atoms with van der Waals surface area (Å²) in [4.78, 5) is 15.6. The van der Waals surface area contributed by atoms with E-state index in [-0.39, 0.29) is 11.9 Å². The summed E-state index contributed by atoms with van der Waals surface area (Å²) in [5.41, 5.74) is 2.87. The van der Waals surface area contributed by atoms with Crippen LogP contribution < -0.4 is 5.32 Å². The number of nitrogens with one attached hydrogen (secondary N) is 1. The first-order valence-corrected chi connectivity index (χ1v) is 7.78. The lowest BCUT2D eigenvalue weighted by Crippen LogP contribution is -2.29. The van der Waals surface area contributed by atoms with Crippen LogP contribution in [0.3, 0.4) is 0 Å². The quantitative estimate of drug-likeness (QED) is 0.891. The van der Waals surface area contributed by atoms with Crippen molar-refractivity contribution >= 4 is 5.91 Å². The monoisotopic (exact) mass is 334 g/mol. The van der Waals surface area contributed by atoms with Gasteiger partial charge in [0.05, 0.1) is 11.6 Å². The van der Waals surface area contributed by atoms with Crippen molar-refractivity contribution in [2.45, 2.75) is 38.4 Å². The lowest BCUT2D eigenvalue weighted by Gasteiger charge is -2.27. The van der Waals surface area contributed by atoms with Crippen LogP contribution in [0.5, 0.6) is 0 Å². The number of nitrogens with zero attached hydrogens (tertiary/aromatic N) is 1. The number of amides is 1. The number of aromatic nitrogens is 1. The summed E-state index contributed by atoms with van der Waals surface area (Å²) in [6.45, 7) is 1.47. The number of pyridine rings is 1. The van der Waals surface area contributed by atoms with Crippen molar-refractivity contribution in [1.29, 1.82) is 0 Å². The van der Waals surface area contributed by atoms with Crippen LogP contribution in [0.15, 0.2) is 36.7 Å². The average Bonchev–Trinajstić information content (AvgIpc) is 2.53. The maximum absolute atomic E-state index is 12.7. The van der Waals surface area contributed by atoms with E-state index in [4.69, 9.17) is 0 Å². The smallest absolute Gasteiger partial charge is 0.349 e. The third-order valence-electron chi connectivity index (χ3n) is 4.29. The molecule has 0 unspecified atom stereocenters. The molecule has 126 valence electrons. The van der Waals surface area contributed by atoms with Gasteiger partial charge in [0.1, 0.15) is 0 Å². The van der Waals surface area contributed by atoms with Crippen LogP contribution in [-0.2, 0) is 17.4 Å². The fourth-order valence-electron chi connectivity index (χ4n) is 3.20. The first-order valence-electron chi connectivity index (χ1n) is 7.78. The zero-order chi connectivity index (χ0) is 17.3. The van der Waals surface area contributed by atoms with Crippen molar-refractivity contribution in [1.82, 2.24) is 10.3 Å². The molecule has 0 saturated carbocycles. The molecular formula is C18H17F3N2O. The van der Waals surface area contributed by atoms with Crippen molar-refractivity contribution in [3.63, 3.8) is 0 Å². The summed E-state index contributed by atoms with van der Waals surface area (Å²) in [7, 11) is 0. The Bertz CT molecular complexity index is 754. The predicted molar refractivity (Wildman–Crippen MR) is 84.2 cm³/mol. The fourth-order valence-corrected chi connectivity index (χ4v) is 3.20. The number of alkyl halides is 3. The van der Waals surface area contributed by atoms with Gasteiger partial charge in [-0.25, -0.2) is 0 Å². The zero-order valence-electron chi connectivity index (χ0n) is 13.2. The van der Waals surface area contributed by atoms with Gasteiger partial charge in [-0.05, 0) is 48.1 Å². The molecule has 2 aromatic rings. The highest BCUT2D eigenvalue weighted by molar-refractivity contribution is 5.74. The molecule has 0 saturated heterocycles. The van der Waals surface area contributed by atoms with Crippen LogP contribution in [0.4, 0.5) is 13.2 Å². The van der Waals surface area contributed by atoms with E-state index in [1.807, 2.05) is 0 Å². The van der Waals surface area contributed by atoms with E-state index in [0.29, 0.717) is 5.56 Å². The van der Waals surface area contributed by atoms with Crippen LogP contribution in [0.2, 0.25) is 0 Å². The highest BCUT2D eigenvalue weighted by Gasteiger charge is 2.30. The van der Waals surface area contributed by atoms with Gasteiger partial charge in [0.25, 0.3) is 0 Å². The summed E-state index contributed by atoms with van der Waals surface area (Å²) >= 11 is 0. The van der Waals surface area contributed by atoms with Crippen LogP contribution >= 0.6 is 0 Å². The Morgan fingerprint density at radius 3 is 2.54 bits per heavy atom. The molecule has 1 amide bonds. The van der Waals surface area contributed by atoms with E-state index in [1.54, 1.807) is 12.4 Å². The number of fused-ring (bicyclic) bond motifs is 1. The molecule has 0 spiro atoms. The Labute approximate surface area is 137 Å². The van der Waals surface area contributed by atoms with Crippen LogP contribution in [0, 0.1) is 0 Å². The van der Waals surface area contributed by atoms with Crippen LogP contribution in [-0.4, -0.2) is 10.9 Å². The molecule has 0 aliphatic heterocycles. The van der Waals surface area contributed by atoms with Gasteiger partial charge in [0, 0.05) is 24.9 Å². The van der Waals surface area contributed by atoms with E-state index in [9.17, 15) is 18.0 Å². The van der Waals surface area contributed by atoms with Crippen LogP contribution in [0.25, 0.3) is 11.1 Å². The largest absolute Gasteiger partial charge is 0.416 e. The number of carbonyl (C=O) groups excluding carboxylic acids is 1. The third kappa shape index (κ3) is 3.27. The Morgan fingerprint density at radius 2 is 1.92 bits per heavy atom. The van der Waals surface area contributed by atoms with Gasteiger partial charge in [0.2, 0.25) is 5.91 Å². The number of hydrogen-bond acceptors (Lipinski definition) is 2. The van der Waals surface area contributed by atoms with E-state index in [2.05, 4.69) is 10.3 Å². The van der Waals surface area contributed by atoms with Crippen molar-refractivity contribution < 1.29 is 18.0 Å². The van der Waals surface area contributed by atoms with E-state index in [1.165, 1.54) is 19.1 Å². The van der Waals surface area contributed by atoms with Gasteiger partial charge in [0.15, 0.2) is 0 Å². The predicted octanol–water partition coefficient (Wildman–Crippen LogP) is 4.28. The standard InChI is InChI=1S/C18H17F3N2O/c1-11(24)23-17-4-2-3-14-15(9-22-10-16(14)17)12-5-7-13(8-6-12)18(19,20)21/h5-10,17H,2-4H2,1H3,(H,23,24)/t17-/m1/s1. The lowest BCUT2D eigenvalue weighted by molar-refractivity contribution is -0.137. The molecule has 0 bridgehead atoms. The summed E-state index contributed by atoms with van der Waals surface area (Å²) in [5, 5.41) is 2.92. The Kier molecular flexibility index (Phi) is 4.30. The van der Waals surface area contributed by atoms with Gasteiger partial charge >= 0.3 is 6.18 Å². The number of carbonyl (C=O) groups is 1. The highest BCUT2D eigenvalue weighted by atomic mass is 19.4. The maximum atomic E-state index is 12.7. The van der Waals surface area contributed by atoms with E-state index in [0.717, 1.165) is 48.1 Å². The first-order chi connectivity index (χ1) is 11.4. The molecule has 1 aliphatic carbocycles. The van der Waals surface area contributed by atoms with Gasteiger partial charge in [-0.15, -0.1) is 0 Å². The first kappa shape index (κ1) is 16.5. The third-order valence-corrected chi connectivity index (χ3v) is 4.29. The van der Waals surface area contributed by atoms with Crippen LogP contribution in [0.1, 0.15) is 42.5 Å². The minimum atomic E-state index is -4.34. The minimum Gasteiger partial charge on any atom is -0.349 e. The second-order valence-electron chi connectivity index (χ2n) is 5.98. The molecule has 3 rings (SSSR count).